The number of aromatic nitrogens is 4. The molecular formula is C21H21N5O2S. The third-order valence-electron chi connectivity index (χ3n) is 4.56. The van der Waals surface area contributed by atoms with Crippen LogP contribution in [0.15, 0.2) is 58.4 Å². The van der Waals surface area contributed by atoms with E-state index in [0.717, 1.165) is 27.5 Å². The second-order valence-corrected chi connectivity index (χ2v) is 7.72. The molecule has 148 valence electrons. The zero-order valence-corrected chi connectivity index (χ0v) is 17.3. The summed E-state index contributed by atoms with van der Waals surface area (Å²) in [7, 11) is 3.67. The molecule has 0 atom stereocenters. The molecule has 0 N–H and O–H groups in total. The molecule has 1 amide bonds. The van der Waals surface area contributed by atoms with E-state index in [-0.39, 0.29) is 5.91 Å². The van der Waals surface area contributed by atoms with Crippen molar-refractivity contribution in [1.82, 2.24) is 24.4 Å². The average molecular weight is 407 g/mol. The molecule has 0 saturated carbocycles. The maximum atomic E-state index is 12.8. The second-order valence-electron chi connectivity index (χ2n) is 6.78. The molecule has 0 aliphatic rings. The highest BCUT2D eigenvalue weighted by Crippen LogP contribution is 2.22. The van der Waals surface area contributed by atoms with Crippen LogP contribution in [0.1, 0.15) is 27.8 Å². The number of imidazole rings is 1. The van der Waals surface area contributed by atoms with Gasteiger partial charge in [0.15, 0.2) is 10.9 Å². The summed E-state index contributed by atoms with van der Waals surface area (Å²) in [5.41, 5.74) is 1.78. The number of benzene rings is 1. The van der Waals surface area contributed by atoms with Crippen molar-refractivity contribution in [1.29, 1.82) is 0 Å². The van der Waals surface area contributed by atoms with Crippen LogP contribution in [0.2, 0.25) is 0 Å². The molecule has 1 aromatic carbocycles. The molecule has 0 spiro atoms. The topological polar surface area (TPSA) is 77.0 Å². The summed E-state index contributed by atoms with van der Waals surface area (Å²) in [6.45, 7) is 2.26. The smallest absolute Gasteiger partial charge is 0.289 e. The average Bonchev–Trinajstić information content (AvgIpc) is 3.34. The lowest BCUT2D eigenvalue weighted by Gasteiger charge is -2.15. The predicted octanol–water partition coefficient (Wildman–Crippen LogP) is 3.83. The van der Waals surface area contributed by atoms with Gasteiger partial charge >= 0.3 is 0 Å². The van der Waals surface area contributed by atoms with E-state index in [1.807, 2.05) is 55.1 Å². The molecule has 4 rings (SSSR count). The molecule has 0 radical (unpaired) electrons. The Morgan fingerprint density at radius 1 is 1.21 bits per heavy atom. The fourth-order valence-electron chi connectivity index (χ4n) is 3.03. The maximum Gasteiger partial charge on any atom is 0.289 e. The SMILES string of the molecule is Cc1nc(CN(C)C(=O)c2ccc(CSc3nccn3C)o2)nc2ccccc12. The van der Waals surface area contributed by atoms with Crippen molar-refractivity contribution in [3.63, 3.8) is 0 Å². The minimum Gasteiger partial charge on any atom is -0.455 e. The summed E-state index contributed by atoms with van der Waals surface area (Å²) < 4.78 is 7.69. The molecular weight excluding hydrogens is 386 g/mol. The van der Waals surface area contributed by atoms with Gasteiger partial charge in [0.25, 0.3) is 5.91 Å². The number of hydrogen-bond acceptors (Lipinski definition) is 6. The third kappa shape index (κ3) is 4.17. The zero-order valence-electron chi connectivity index (χ0n) is 16.5. The van der Waals surface area contributed by atoms with Gasteiger partial charge in [0.1, 0.15) is 11.6 Å². The molecule has 0 aliphatic carbocycles. The largest absolute Gasteiger partial charge is 0.455 e. The van der Waals surface area contributed by atoms with Crippen molar-refractivity contribution >= 4 is 28.6 Å². The van der Waals surface area contributed by atoms with Gasteiger partial charge < -0.3 is 13.9 Å². The van der Waals surface area contributed by atoms with Crippen LogP contribution < -0.4 is 0 Å². The number of rotatable bonds is 6. The van der Waals surface area contributed by atoms with Crippen LogP contribution in [-0.2, 0) is 19.3 Å². The van der Waals surface area contributed by atoms with Gasteiger partial charge in [0.2, 0.25) is 0 Å². The molecule has 7 nitrogen and oxygen atoms in total. The summed E-state index contributed by atoms with van der Waals surface area (Å²) in [5, 5.41) is 1.92. The highest BCUT2D eigenvalue weighted by atomic mass is 32.2. The molecule has 8 heteroatoms. The Bertz CT molecular complexity index is 1170. The Hall–Kier alpha value is -3.13. The number of aryl methyl sites for hydroxylation is 2. The van der Waals surface area contributed by atoms with Crippen LogP contribution in [0.3, 0.4) is 0 Å². The lowest BCUT2D eigenvalue weighted by atomic mass is 10.2. The number of thioether (sulfide) groups is 1. The van der Waals surface area contributed by atoms with E-state index in [1.54, 1.807) is 36.0 Å². The molecule has 29 heavy (non-hydrogen) atoms. The first kappa shape index (κ1) is 19.2. The van der Waals surface area contributed by atoms with Gasteiger partial charge in [0, 0.05) is 37.6 Å². The third-order valence-corrected chi connectivity index (χ3v) is 5.64. The van der Waals surface area contributed by atoms with E-state index in [4.69, 9.17) is 4.42 Å². The molecule has 0 saturated heterocycles. The van der Waals surface area contributed by atoms with Gasteiger partial charge in [-0.05, 0) is 25.1 Å². The van der Waals surface area contributed by atoms with Crippen LogP contribution in [0, 0.1) is 6.92 Å². The summed E-state index contributed by atoms with van der Waals surface area (Å²) in [6, 6.07) is 11.4. The van der Waals surface area contributed by atoms with Crippen molar-refractivity contribution in [3.8, 4) is 0 Å². The van der Waals surface area contributed by atoms with Gasteiger partial charge in [-0.3, -0.25) is 4.79 Å². The van der Waals surface area contributed by atoms with Crippen LogP contribution in [0.5, 0.6) is 0 Å². The number of fused-ring (bicyclic) bond motifs is 1. The molecule has 4 aromatic rings. The number of furan rings is 1. The van der Waals surface area contributed by atoms with Gasteiger partial charge in [-0.15, -0.1) is 0 Å². The van der Waals surface area contributed by atoms with Crippen molar-refractivity contribution in [2.45, 2.75) is 24.4 Å². The van der Waals surface area contributed by atoms with Crippen molar-refractivity contribution in [2.24, 2.45) is 7.05 Å². The molecule has 0 bridgehead atoms. The second kappa shape index (κ2) is 8.08. The van der Waals surface area contributed by atoms with Crippen molar-refractivity contribution in [3.05, 3.63) is 71.8 Å². The number of hydrogen-bond donors (Lipinski definition) is 0. The van der Waals surface area contributed by atoms with E-state index in [1.165, 1.54) is 0 Å². The summed E-state index contributed by atoms with van der Waals surface area (Å²) in [6.07, 6.45) is 3.65. The highest BCUT2D eigenvalue weighted by molar-refractivity contribution is 7.98. The fraction of sp³-hybridized carbons (Fsp3) is 0.238. The van der Waals surface area contributed by atoms with Gasteiger partial charge in [-0.1, -0.05) is 30.0 Å². The molecule has 0 aliphatic heterocycles. The Morgan fingerprint density at radius 2 is 2.03 bits per heavy atom. The number of carbonyl (C=O) groups is 1. The van der Waals surface area contributed by atoms with E-state index in [0.29, 0.717) is 23.9 Å². The first-order valence-electron chi connectivity index (χ1n) is 9.18. The Labute approximate surface area is 172 Å². The monoisotopic (exact) mass is 407 g/mol. The summed E-state index contributed by atoms with van der Waals surface area (Å²) >= 11 is 1.56. The molecule has 0 unspecified atom stereocenters. The lowest BCUT2D eigenvalue weighted by Crippen LogP contribution is -2.27. The minimum absolute atomic E-state index is 0.201. The Balaban J connectivity index is 1.43. The van der Waals surface area contributed by atoms with Gasteiger partial charge in [-0.25, -0.2) is 15.0 Å². The molecule has 3 heterocycles. The minimum atomic E-state index is -0.201. The zero-order chi connectivity index (χ0) is 20.4. The van der Waals surface area contributed by atoms with Crippen LogP contribution in [0.25, 0.3) is 10.9 Å². The number of nitrogens with zero attached hydrogens (tertiary/aromatic N) is 5. The maximum absolute atomic E-state index is 12.8. The standard InChI is InChI=1S/C21H21N5O2S/c1-14-16-6-4-5-7-17(16)24-19(23-14)12-26(3)20(27)18-9-8-15(28-18)13-29-21-22-10-11-25(21)2/h4-11H,12-13H2,1-3H3. The first-order chi connectivity index (χ1) is 14.0. The Morgan fingerprint density at radius 3 is 2.83 bits per heavy atom. The number of amides is 1. The fourth-order valence-corrected chi connectivity index (χ4v) is 3.86. The first-order valence-corrected chi connectivity index (χ1v) is 10.2. The molecule has 0 fully saturated rings. The quantitative estimate of drug-likeness (QED) is 0.452. The van der Waals surface area contributed by atoms with E-state index in [2.05, 4.69) is 15.0 Å². The van der Waals surface area contributed by atoms with Gasteiger partial charge in [0.05, 0.1) is 17.8 Å². The number of para-hydroxylation sites is 1. The normalized spacial score (nSPS) is 11.1. The Kier molecular flexibility index (Phi) is 5.35. The molecule has 3 aromatic heterocycles. The van der Waals surface area contributed by atoms with Crippen LogP contribution in [0.4, 0.5) is 0 Å². The van der Waals surface area contributed by atoms with Gasteiger partial charge in [-0.2, -0.15) is 0 Å². The van der Waals surface area contributed by atoms with E-state index in [9.17, 15) is 4.79 Å². The van der Waals surface area contributed by atoms with Crippen LogP contribution in [-0.4, -0.2) is 37.4 Å². The van der Waals surface area contributed by atoms with Crippen LogP contribution >= 0.6 is 11.8 Å². The van der Waals surface area contributed by atoms with E-state index >= 15 is 0 Å². The summed E-state index contributed by atoms with van der Waals surface area (Å²) in [4.78, 5) is 27.7. The number of carbonyl (C=O) groups excluding carboxylic acids is 1. The summed E-state index contributed by atoms with van der Waals surface area (Å²) in [5.74, 6) is 2.05. The lowest BCUT2D eigenvalue weighted by molar-refractivity contribution is 0.0748. The van der Waals surface area contributed by atoms with Crippen molar-refractivity contribution in [2.75, 3.05) is 7.05 Å². The van der Waals surface area contributed by atoms with E-state index < -0.39 is 0 Å². The highest BCUT2D eigenvalue weighted by Gasteiger charge is 2.18. The van der Waals surface area contributed by atoms with Crippen molar-refractivity contribution < 1.29 is 9.21 Å². The predicted molar refractivity (Wildman–Crippen MR) is 112 cm³/mol.